The van der Waals surface area contributed by atoms with Crippen LogP contribution < -0.4 is 10.9 Å². The van der Waals surface area contributed by atoms with E-state index in [1.165, 1.54) is 5.57 Å². The molecule has 0 aliphatic heterocycles. The Morgan fingerprint density at radius 2 is 1.67 bits per heavy atom. The highest BCUT2D eigenvalue weighted by atomic mass is 15.4. The SMILES string of the molecule is N=C(N/N=C/C=C/C1=CCCC=C1)N/N=C/C=C/c1ccccc1. The summed E-state index contributed by atoms with van der Waals surface area (Å²) in [4.78, 5) is 0. The molecule has 0 amide bonds. The number of hydrogen-bond acceptors (Lipinski definition) is 3. The second-order valence-corrected chi connectivity index (χ2v) is 4.97. The molecule has 0 fully saturated rings. The first-order chi connectivity index (χ1) is 11.8. The monoisotopic (exact) mass is 319 g/mol. The molecular weight excluding hydrogens is 298 g/mol. The highest BCUT2D eigenvalue weighted by Crippen LogP contribution is 2.09. The lowest BCUT2D eigenvalue weighted by Gasteiger charge is -2.00. The van der Waals surface area contributed by atoms with Crippen LogP contribution in [0, 0.1) is 5.41 Å². The van der Waals surface area contributed by atoms with Gasteiger partial charge in [0.1, 0.15) is 0 Å². The Morgan fingerprint density at radius 3 is 2.33 bits per heavy atom. The maximum atomic E-state index is 7.60. The molecular formula is C19H21N5. The number of nitrogens with zero attached hydrogens (tertiary/aromatic N) is 2. The Kier molecular flexibility index (Phi) is 7.51. The molecule has 0 atom stereocenters. The lowest BCUT2D eigenvalue weighted by Crippen LogP contribution is -2.29. The van der Waals surface area contributed by atoms with Crippen LogP contribution in [0.4, 0.5) is 0 Å². The minimum absolute atomic E-state index is 0.000730. The van der Waals surface area contributed by atoms with E-state index < -0.39 is 0 Å². The van der Waals surface area contributed by atoms with Crippen molar-refractivity contribution in [2.75, 3.05) is 0 Å². The van der Waals surface area contributed by atoms with Crippen molar-refractivity contribution in [3.63, 3.8) is 0 Å². The van der Waals surface area contributed by atoms with Crippen LogP contribution in [-0.4, -0.2) is 18.4 Å². The van der Waals surface area contributed by atoms with Gasteiger partial charge in [0, 0.05) is 12.4 Å². The zero-order valence-corrected chi connectivity index (χ0v) is 13.4. The van der Waals surface area contributed by atoms with Crippen molar-refractivity contribution in [2.45, 2.75) is 12.8 Å². The maximum absolute atomic E-state index is 7.60. The number of benzene rings is 1. The van der Waals surface area contributed by atoms with E-state index in [1.807, 2.05) is 48.6 Å². The molecule has 0 saturated carbocycles. The standard InChI is InChI=1S/C19H21N5/c20-19(23-21-15-7-13-17-9-3-1-4-10-17)24-22-16-8-14-18-11-5-2-6-12-18/h1,3-5,7-16H,2,6H2,(H3,20,23,24)/b13-7+,14-8+,21-15+,22-16+. The summed E-state index contributed by atoms with van der Waals surface area (Å²) < 4.78 is 0. The summed E-state index contributed by atoms with van der Waals surface area (Å²) in [5.74, 6) is 0.000730. The molecule has 0 radical (unpaired) electrons. The van der Waals surface area contributed by atoms with Crippen molar-refractivity contribution in [2.24, 2.45) is 10.2 Å². The third kappa shape index (κ3) is 7.17. The van der Waals surface area contributed by atoms with Crippen LogP contribution in [0.5, 0.6) is 0 Å². The smallest absolute Gasteiger partial charge is 0.230 e. The molecule has 0 unspecified atom stereocenters. The number of rotatable bonds is 6. The second kappa shape index (κ2) is 10.5. The zero-order valence-electron chi connectivity index (χ0n) is 13.4. The molecule has 1 aromatic rings. The van der Waals surface area contributed by atoms with E-state index in [2.05, 4.69) is 39.3 Å². The Balaban J connectivity index is 1.64. The molecule has 5 heteroatoms. The Hall–Kier alpha value is -3.21. The average Bonchev–Trinajstić information content (AvgIpc) is 2.63. The van der Waals surface area contributed by atoms with Gasteiger partial charge in [0.2, 0.25) is 5.96 Å². The quantitative estimate of drug-likeness (QED) is 0.426. The van der Waals surface area contributed by atoms with Gasteiger partial charge in [0.15, 0.2) is 0 Å². The molecule has 3 N–H and O–H groups in total. The zero-order chi connectivity index (χ0) is 16.9. The molecule has 122 valence electrons. The first kappa shape index (κ1) is 17.1. The summed E-state index contributed by atoms with van der Waals surface area (Å²) in [6.45, 7) is 0. The summed E-state index contributed by atoms with van der Waals surface area (Å²) in [6, 6.07) is 9.93. The molecule has 0 spiro atoms. The number of hydrogen-bond donors (Lipinski definition) is 3. The summed E-state index contributed by atoms with van der Waals surface area (Å²) in [7, 11) is 0. The van der Waals surface area contributed by atoms with Gasteiger partial charge in [-0.15, -0.1) is 0 Å². The molecule has 0 saturated heterocycles. The molecule has 24 heavy (non-hydrogen) atoms. The van der Waals surface area contributed by atoms with Gasteiger partial charge in [-0.2, -0.15) is 10.2 Å². The third-order valence-corrected chi connectivity index (χ3v) is 3.07. The highest BCUT2D eigenvalue weighted by molar-refractivity contribution is 5.82. The van der Waals surface area contributed by atoms with E-state index in [1.54, 1.807) is 18.5 Å². The lowest BCUT2D eigenvalue weighted by atomic mass is 10.1. The molecule has 0 bridgehead atoms. The normalized spacial score (nSPS) is 14.8. The molecule has 1 aromatic carbocycles. The molecule has 1 aliphatic rings. The van der Waals surface area contributed by atoms with Crippen molar-refractivity contribution in [1.82, 2.24) is 10.9 Å². The summed E-state index contributed by atoms with van der Waals surface area (Å²) in [5.41, 5.74) is 7.35. The predicted octanol–water partition coefficient (Wildman–Crippen LogP) is 3.62. The fourth-order valence-electron chi connectivity index (χ4n) is 1.94. The van der Waals surface area contributed by atoms with Gasteiger partial charge in [-0.1, -0.05) is 60.7 Å². The Morgan fingerprint density at radius 1 is 0.958 bits per heavy atom. The van der Waals surface area contributed by atoms with Crippen LogP contribution in [0.3, 0.4) is 0 Å². The van der Waals surface area contributed by atoms with E-state index in [-0.39, 0.29) is 5.96 Å². The van der Waals surface area contributed by atoms with Crippen LogP contribution in [-0.2, 0) is 0 Å². The van der Waals surface area contributed by atoms with Crippen molar-refractivity contribution < 1.29 is 0 Å². The number of hydrazone groups is 2. The van der Waals surface area contributed by atoms with Crippen molar-refractivity contribution in [3.05, 3.63) is 77.9 Å². The number of allylic oxidation sites excluding steroid dienone is 7. The summed E-state index contributed by atoms with van der Waals surface area (Å²) in [6.07, 6.45) is 19.3. The largest absolute Gasteiger partial charge is 0.266 e. The van der Waals surface area contributed by atoms with Crippen molar-refractivity contribution in [3.8, 4) is 0 Å². The molecule has 1 aliphatic carbocycles. The number of guanidine groups is 1. The fourth-order valence-corrected chi connectivity index (χ4v) is 1.94. The predicted molar refractivity (Wildman–Crippen MR) is 102 cm³/mol. The van der Waals surface area contributed by atoms with Crippen molar-refractivity contribution >= 4 is 24.5 Å². The van der Waals surface area contributed by atoms with E-state index in [9.17, 15) is 0 Å². The van der Waals surface area contributed by atoms with E-state index in [0.29, 0.717) is 0 Å². The van der Waals surface area contributed by atoms with E-state index in [0.717, 1.165) is 18.4 Å². The van der Waals surface area contributed by atoms with Crippen LogP contribution in [0.2, 0.25) is 0 Å². The van der Waals surface area contributed by atoms with Crippen LogP contribution in [0.25, 0.3) is 6.08 Å². The van der Waals surface area contributed by atoms with Crippen LogP contribution in [0.1, 0.15) is 18.4 Å². The molecule has 0 heterocycles. The first-order valence-corrected chi connectivity index (χ1v) is 7.76. The molecule has 5 nitrogen and oxygen atoms in total. The van der Waals surface area contributed by atoms with Crippen molar-refractivity contribution in [1.29, 1.82) is 5.41 Å². The maximum Gasteiger partial charge on any atom is 0.230 e. The molecule has 2 rings (SSSR count). The lowest BCUT2D eigenvalue weighted by molar-refractivity contribution is 0.894. The van der Waals surface area contributed by atoms with E-state index >= 15 is 0 Å². The first-order valence-electron chi connectivity index (χ1n) is 7.76. The third-order valence-electron chi connectivity index (χ3n) is 3.07. The summed E-state index contributed by atoms with van der Waals surface area (Å²) in [5, 5.41) is 15.4. The number of nitrogens with one attached hydrogen (secondary N) is 3. The Labute approximate surface area is 142 Å². The van der Waals surface area contributed by atoms with Crippen LogP contribution >= 0.6 is 0 Å². The second-order valence-electron chi connectivity index (χ2n) is 4.97. The van der Waals surface area contributed by atoms with Gasteiger partial charge in [-0.05, 0) is 36.1 Å². The highest BCUT2D eigenvalue weighted by Gasteiger charge is 1.91. The van der Waals surface area contributed by atoms with Gasteiger partial charge in [0.05, 0.1) is 0 Å². The van der Waals surface area contributed by atoms with Gasteiger partial charge < -0.3 is 0 Å². The summed E-state index contributed by atoms with van der Waals surface area (Å²) >= 11 is 0. The van der Waals surface area contributed by atoms with Gasteiger partial charge in [0.25, 0.3) is 0 Å². The van der Waals surface area contributed by atoms with Gasteiger partial charge >= 0.3 is 0 Å². The minimum atomic E-state index is 0.000730. The molecule has 0 aromatic heterocycles. The van der Waals surface area contributed by atoms with Crippen LogP contribution in [0.15, 0.2) is 82.6 Å². The Bertz CT molecular complexity index is 694. The van der Waals surface area contributed by atoms with E-state index in [4.69, 9.17) is 5.41 Å². The minimum Gasteiger partial charge on any atom is -0.266 e. The topological polar surface area (TPSA) is 72.6 Å². The fraction of sp³-hybridized carbons (Fsp3) is 0.105. The van der Waals surface area contributed by atoms with Gasteiger partial charge in [-0.3, -0.25) is 5.41 Å². The van der Waals surface area contributed by atoms with Gasteiger partial charge in [-0.25, -0.2) is 10.9 Å². The average molecular weight is 319 g/mol.